The SMILES string of the molecule is CNC(=O)OC[N+]1(CC2CCCCC2CN2C(=O)C3C4CCC(C4)C3C2=O)CCN(c2nsc3ccccc23)CC1. The third kappa shape index (κ3) is 4.80. The number of carbonyl (C=O) groups excluding carboxylic acids is 3. The van der Waals surface area contributed by atoms with E-state index in [0.29, 0.717) is 41.4 Å². The average molecular weight is 581 g/mol. The van der Waals surface area contributed by atoms with Crippen molar-refractivity contribution >= 4 is 45.3 Å². The quantitative estimate of drug-likeness (QED) is 0.392. The van der Waals surface area contributed by atoms with E-state index < -0.39 is 6.09 Å². The zero-order valence-corrected chi connectivity index (χ0v) is 24.8. The number of alkyl carbamates (subject to hydrolysis) is 1. The monoisotopic (exact) mass is 580 g/mol. The van der Waals surface area contributed by atoms with E-state index in [1.54, 1.807) is 23.5 Å². The maximum absolute atomic E-state index is 13.5. The van der Waals surface area contributed by atoms with Gasteiger partial charge >= 0.3 is 6.09 Å². The summed E-state index contributed by atoms with van der Waals surface area (Å²) in [4.78, 5) is 43.2. The molecule has 9 nitrogen and oxygen atoms in total. The van der Waals surface area contributed by atoms with Gasteiger partial charge in [-0.15, -0.1) is 0 Å². The van der Waals surface area contributed by atoms with Crippen molar-refractivity contribution in [2.24, 2.45) is 35.5 Å². The largest absolute Gasteiger partial charge is 0.411 e. The topological polar surface area (TPSA) is 91.8 Å². The Morgan fingerprint density at radius 1 is 1.02 bits per heavy atom. The van der Waals surface area contributed by atoms with Crippen molar-refractivity contribution in [2.75, 3.05) is 57.9 Å². The number of piperazine rings is 1. The van der Waals surface area contributed by atoms with E-state index in [9.17, 15) is 14.4 Å². The number of imide groups is 1. The van der Waals surface area contributed by atoms with Gasteiger partial charge in [-0.05, 0) is 73.5 Å². The molecular weight excluding hydrogens is 538 g/mol. The van der Waals surface area contributed by atoms with Crippen LogP contribution in [0, 0.1) is 35.5 Å². The first-order chi connectivity index (χ1) is 20.0. The maximum atomic E-state index is 13.5. The Bertz CT molecular complexity index is 1290. The predicted molar refractivity (Wildman–Crippen MR) is 157 cm³/mol. The summed E-state index contributed by atoms with van der Waals surface area (Å²) in [6.45, 7) is 5.23. The van der Waals surface area contributed by atoms with E-state index in [1.165, 1.54) is 16.5 Å². The summed E-state index contributed by atoms with van der Waals surface area (Å²) in [5.74, 6) is 2.75. The van der Waals surface area contributed by atoms with Gasteiger partial charge in [0, 0.05) is 24.9 Å². The number of nitrogens with one attached hydrogen (secondary N) is 1. The number of likely N-dealkylation sites (tertiary alicyclic amines) is 1. The molecular formula is C31H42N5O4S+. The lowest BCUT2D eigenvalue weighted by molar-refractivity contribution is -0.947. The number of fused-ring (bicyclic) bond motifs is 6. The lowest BCUT2D eigenvalue weighted by Gasteiger charge is -2.47. The highest BCUT2D eigenvalue weighted by molar-refractivity contribution is 7.13. The summed E-state index contributed by atoms with van der Waals surface area (Å²) < 4.78 is 12.4. The van der Waals surface area contributed by atoms with Crippen LogP contribution in [0.15, 0.2) is 24.3 Å². The van der Waals surface area contributed by atoms with Gasteiger partial charge in [0.2, 0.25) is 18.5 Å². The molecule has 2 bridgehead atoms. The third-order valence-electron chi connectivity index (χ3n) is 11.1. The molecule has 0 spiro atoms. The van der Waals surface area contributed by atoms with Gasteiger partial charge in [0.15, 0.2) is 5.82 Å². The first-order valence-corrected chi connectivity index (χ1v) is 16.4. The average Bonchev–Trinajstić information content (AvgIpc) is 3.78. The molecule has 5 fully saturated rings. The number of nitrogens with zero attached hydrogens (tertiary/aromatic N) is 4. The van der Waals surface area contributed by atoms with Crippen LogP contribution in [0.3, 0.4) is 0 Å². The number of aromatic nitrogens is 1. The van der Waals surface area contributed by atoms with Gasteiger partial charge in [-0.25, -0.2) is 4.79 Å². The van der Waals surface area contributed by atoms with Crippen molar-refractivity contribution in [3.63, 3.8) is 0 Å². The summed E-state index contributed by atoms with van der Waals surface area (Å²) in [5.41, 5.74) is 0. The lowest BCUT2D eigenvalue weighted by atomic mass is 9.78. The third-order valence-corrected chi connectivity index (χ3v) is 12.0. The van der Waals surface area contributed by atoms with E-state index in [-0.39, 0.29) is 23.7 Å². The van der Waals surface area contributed by atoms with Gasteiger partial charge in [-0.3, -0.25) is 19.0 Å². The molecule has 41 heavy (non-hydrogen) atoms. The fraction of sp³-hybridized carbons (Fsp3) is 0.677. The standard InChI is InChI=1S/C31H41N5O4S/c1-32-31(39)40-19-36(14-12-34(13-15-36)28-24-8-4-5-9-25(24)41-33-28)18-23-7-3-2-6-22(23)17-35-29(37)26-20-10-11-21(16-20)27(26)30(35)38/h4-5,8-9,20-23,26-27H,2-3,6-7,10-19H2,1H3/p+1. The van der Waals surface area contributed by atoms with Crippen LogP contribution in [-0.4, -0.2) is 84.7 Å². The zero-order valence-electron chi connectivity index (χ0n) is 24.0. The second kappa shape index (κ2) is 10.8. The van der Waals surface area contributed by atoms with Gasteiger partial charge < -0.3 is 15.0 Å². The minimum atomic E-state index is -0.398. The first-order valence-electron chi connectivity index (χ1n) is 15.6. The minimum absolute atomic E-state index is 0.0440. The highest BCUT2D eigenvalue weighted by atomic mass is 32.1. The molecule has 3 aliphatic carbocycles. The number of ether oxygens (including phenoxy) is 1. The Labute approximate surface area is 245 Å². The van der Waals surface area contributed by atoms with E-state index >= 15 is 0 Å². The molecule has 6 atom stereocenters. The Hall–Kier alpha value is -2.72. The van der Waals surface area contributed by atoms with E-state index in [0.717, 1.165) is 77.1 Å². The second-order valence-corrected chi connectivity index (χ2v) is 14.1. The van der Waals surface area contributed by atoms with Crippen molar-refractivity contribution in [2.45, 2.75) is 44.9 Å². The summed E-state index contributed by atoms with van der Waals surface area (Å²) in [6, 6.07) is 8.39. The molecule has 220 valence electrons. The lowest BCUT2D eigenvalue weighted by Crippen LogP contribution is -2.63. The number of carbonyl (C=O) groups is 3. The van der Waals surface area contributed by atoms with Crippen molar-refractivity contribution in [1.82, 2.24) is 14.6 Å². The van der Waals surface area contributed by atoms with Crippen LogP contribution in [0.4, 0.5) is 10.6 Å². The number of amides is 3. The van der Waals surface area contributed by atoms with Crippen molar-refractivity contribution < 1.29 is 23.6 Å². The molecule has 10 heteroatoms. The summed E-state index contributed by atoms with van der Waals surface area (Å²) >= 11 is 1.54. The molecule has 1 aromatic heterocycles. The molecule has 1 aromatic carbocycles. The van der Waals surface area contributed by atoms with Crippen LogP contribution in [0.2, 0.25) is 0 Å². The van der Waals surface area contributed by atoms with Gasteiger partial charge in [0.25, 0.3) is 0 Å². The molecule has 6 unspecified atom stereocenters. The highest BCUT2D eigenvalue weighted by Gasteiger charge is 2.61. The Balaban J connectivity index is 1.07. The van der Waals surface area contributed by atoms with Gasteiger partial charge in [0.05, 0.1) is 49.3 Å². The van der Waals surface area contributed by atoms with Crippen LogP contribution in [0.1, 0.15) is 44.9 Å². The fourth-order valence-corrected chi connectivity index (χ4v) is 9.78. The molecule has 7 rings (SSSR count). The first kappa shape index (κ1) is 27.1. The summed E-state index contributed by atoms with van der Waals surface area (Å²) in [5, 5.41) is 3.80. The van der Waals surface area contributed by atoms with Crippen LogP contribution in [-0.2, 0) is 14.3 Å². The smallest absolute Gasteiger partial charge is 0.399 e. The number of anilines is 1. The fourth-order valence-electron chi connectivity index (χ4n) is 8.98. The second-order valence-electron chi connectivity index (χ2n) is 13.2. The van der Waals surface area contributed by atoms with Gasteiger partial charge in [-0.2, -0.15) is 4.37 Å². The number of rotatable bonds is 7. The maximum Gasteiger partial charge on any atom is 0.411 e. The van der Waals surface area contributed by atoms with Crippen molar-refractivity contribution in [3.8, 4) is 0 Å². The van der Waals surface area contributed by atoms with E-state index in [2.05, 4.69) is 34.5 Å². The Kier molecular flexibility index (Phi) is 7.17. The normalized spacial score (nSPS) is 32.5. The van der Waals surface area contributed by atoms with E-state index in [4.69, 9.17) is 9.11 Å². The molecule has 3 saturated carbocycles. The van der Waals surface area contributed by atoms with Gasteiger partial charge in [0.1, 0.15) is 0 Å². The minimum Gasteiger partial charge on any atom is -0.399 e. The van der Waals surface area contributed by atoms with Crippen LogP contribution >= 0.6 is 11.5 Å². The molecule has 0 radical (unpaired) electrons. The molecule has 5 aliphatic rings. The van der Waals surface area contributed by atoms with Crippen LogP contribution < -0.4 is 10.2 Å². The van der Waals surface area contributed by atoms with Crippen LogP contribution in [0.25, 0.3) is 10.1 Å². The van der Waals surface area contributed by atoms with Crippen molar-refractivity contribution in [1.29, 1.82) is 0 Å². The number of benzene rings is 1. The molecule has 1 N–H and O–H groups in total. The molecule has 2 saturated heterocycles. The Morgan fingerprint density at radius 2 is 1.71 bits per heavy atom. The molecule has 3 heterocycles. The molecule has 3 amide bonds. The summed E-state index contributed by atoms with van der Waals surface area (Å²) in [7, 11) is 1.60. The summed E-state index contributed by atoms with van der Waals surface area (Å²) in [6.07, 6.45) is 7.38. The van der Waals surface area contributed by atoms with E-state index in [1.807, 2.05) is 0 Å². The number of hydrogen-bond acceptors (Lipinski definition) is 7. The zero-order chi connectivity index (χ0) is 28.1. The number of hydrogen-bond donors (Lipinski definition) is 1. The van der Waals surface area contributed by atoms with Gasteiger partial charge in [-0.1, -0.05) is 25.0 Å². The number of quaternary nitrogens is 1. The molecule has 2 aliphatic heterocycles. The predicted octanol–water partition coefficient (Wildman–Crippen LogP) is 4.08. The van der Waals surface area contributed by atoms with Crippen LogP contribution in [0.5, 0.6) is 0 Å². The Morgan fingerprint density at radius 3 is 2.41 bits per heavy atom. The highest BCUT2D eigenvalue weighted by Crippen LogP contribution is 2.56. The molecule has 2 aromatic rings. The van der Waals surface area contributed by atoms with Crippen molar-refractivity contribution in [3.05, 3.63) is 24.3 Å².